The van der Waals surface area contributed by atoms with Gasteiger partial charge < -0.3 is 0 Å². The molecule has 4 aromatic rings. The molecule has 0 saturated carbocycles. The molecule has 8 heteroatoms. The van der Waals surface area contributed by atoms with Gasteiger partial charge in [-0.3, -0.25) is 14.5 Å². The summed E-state index contributed by atoms with van der Waals surface area (Å²) in [7, 11) is 0. The Labute approximate surface area is 164 Å². The molecule has 0 aliphatic rings. The van der Waals surface area contributed by atoms with Crippen LogP contribution < -0.4 is 0 Å². The van der Waals surface area contributed by atoms with Crippen molar-refractivity contribution in [3.8, 4) is 21.7 Å². The van der Waals surface area contributed by atoms with E-state index in [0.29, 0.717) is 6.42 Å². The fourth-order valence-corrected chi connectivity index (χ4v) is 4.57. The van der Waals surface area contributed by atoms with Crippen molar-refractivity contribution in [3.63, 3.8) is 0 Å². The van der Waals surface area contributed by atoms with E-state index in [2.05, 4.69) is 20.1 Å². The third-order valence-corrected chi connectivity index (χ3v) is 5.95. The van der Waals surface area contributed by atoms with E-state index < -0.39 is 0 Å². The van der Waals surface area contributed by atoms with Crippen LogP contribution in [0.5, 0.6) is 0 Å². The third kappa shape index (κ3) is 4.01. The lowest BCUT2D eigenvalue weighted by molar-refractivity contribution is -0.119. The summed E-state index contributed by atoms with van der Waals surface area (Å²) in [6, 6.07) is 3.85. The molecule has 4 rings (SSSR count). The number of ketones is 1. The monoisotopic (exact) mass is 395 g/mol. The number of thiazole rings is 2. The van der Waals surface area contributed by atoms with Gasteiger partial charge >= 0.3 is 0 Å². The molecule has 0 atom stereocenters. The molecule has 0 unspecified atom stereocenters. The van der Waals surface area contributed by atoms with Crippen molar-refractivity contribution in [2.45, 2.75) is 26.8 Å². The van der Waals surface area contributed by atoms with Crippen LogP contribution in [-0.2, 0) is 17.8 Å². The number of hydrogen-bond donors (Lipinski definition) is 0. The zero-order valence-corrected chi connectivity index (χ0v) is 16.5. The van der Waals surface area contributed by atoms with E-state index in [1.165, 1.54) is 11.3 Å². The molecule has 4 heterocycles. The Morgan fingerprint density at radius 2 is 2.07 bits per heavy atom. The Morgan fingerprint density at radius 3 is 2.81 bits per heavy atom. The highest BCUT2D eigenvalue weighted by Gasteiger charge is 2.14. The average molecular weight is 396 g/mol. The predicted octanol–water partition coefficient (Wildman–Crippen LogP) is 3.95. The molecule has 0 bridgehead atoms. The van der Waals surface area contributed by atoms with Crippen LogP contribution >= 0.6 is 22.7 Å². The highest BCUT2D eigenvalue weighted by atomic mass is 32.1. The normalized spacial score (nSPS) is 11.0. The Bertz CT molecular complexity index is 1080. The zero-order chi connectivity index (χ0) is 18.8. The standard InChI is InChI=1S/C19H17N5OS2/c1-12-19(27-13(2)22-12)17-11-26-18(23-17)6-16(25)10-24-9-15(8-21-24)14-4-3-5-20-7-14/h3-5,7-9,11H,6,10H2,1-2H3. The molecular weight excluding hydrogens is 378 g/mol. The van der Waals surface area contributed by atoms with Crippen molar-refractivity contribution >= 4 is 28.5 Å². The maximum Gasteiger partial charge on any atom is 0.161 e. The molecule has 6 nitrogen and oxygen atoms in total. The highest BCUT2D eigenvalue weighted by Crippen LogP contribution is 2.30. The van der Waals surface area contributed by atoms with Crippen LogP contribution in [0.1, 0.15) is 15.7 Å². The van der Waals surface area contributed by atoms with Crippen molar-refractivity contribution in [1.29, 1.82) is 0 Å². The first kappa shape index (κ1) is 17.7. The number of rotatable bonds is 6. The quantitative estimate of drug-likeness (QED) is 0.494. The number of hydrogen-bond acceptors (Lipinski definition) is 7. The van der Waals surface area contributed by atoms with Gasteiger partial charge in [0.25, 0.3) is 0 Å². The summed E-state index contributed by atoms with van der Waals surface area (Å²) in [5.74, 6) is 0.0777. The van der Waals surface area contributed by atoms with E-state index in [-0.39, 0.29) is 12.3 Å². The van der Waals surface area contributed by atoms with Gasteiger partial charge in [-0.25, -0.2) is 9.97 Å². The molecule has 136 valence electrons. The summed E-state index contributed by atoms with van der Waals surface area (Å²) in [5.41, 5.74) is 3.82. The van der Waals surface area contributed by atoms with Gasteiger partial charge in [0.1, 0.15) is 5.01 Å². The molecule has 0 aliphatic heterocycles. The summed E-state index contributed by atoms with van der Waals surface area (Å²) in [6.07, 6.45) is 7.44. The summed E-state index contributed by atoms with van der Waals surface area (Å²) in [6.45, 7) is 4.20. The molecule has 27 heavy (non-hydrogen) atoms. The molecule has 0 radical (unpaired) electrons. The second kappa shape index (κ2) is 7.50. The molecule has 0 aliphatic carbocycles. The zero-order valence-electron chi connectivity index (χ0n) is 14.9. The van der Waals surface area contributed by atoms with E-state index in [1.807, 2.05) is 37.6 Å². The van der Waals surface area contributed by atoms with Gasteiger partial charge in [-0.05, 0) is 19.9 Å². The number of carbonyl (C=O) groups excluding carboxylic acids is 1. The molecular formula is C19H17N5OS2. The van der Waals surface area contributed by atoms with Gasteiger partial charge in [0, 0.05) is 35.1 Å². The predicted molar refractivity (Wildman–Crippen MR) is 107 cm³/mol. The molecule has 0 N–H and O–H groups in total. The maximum absolute atomic E-state index is 12.4. The van der Waals surface area contributed by atoms with Crippen LogP contribution in [0.3, 0.4) is 0 Å². The van der Waals surface area contributed by atoms with Crippen LogP contribution in [0.2, 0.25) is 0 Å². The maximum atomic E-state index is 12.4. The smallest absolute Gasteiger partial charge is 0.161 e. The number of Topliss-reactive ketones (excluding diaryl/α,β-unsaturated/α-hetero) is 1. The first-order valence-corrected chi connectivity index (χ1v) is 10.1. The van der Waals surface area contributed by atoms with Crippen LogP contribution in [0, 0.1) is 13.8 Å². The van der Waals surface area contributed by atoms with E-state index in [1.54, 1.807) is 34.6 Å². The van der Waals surface area contributed by atoms with Gasteiger partial charge in [-0.15, -0.1) is 22.7 Å². The van der Waals surface area contributed by atoms with Crippen molar-refractivity contribution in [3.05, 3.63) is 58.0 Å². The second-order valence-electron chi connectivity index (χ2n) is 6.16. The van der Waals surface area contributed by atoms with Gasteiger partial charge in [0.2, 0.25) is 0 Å². The molecule has 4 aromatic heterocycles. The Balaban J connectivity index is 1.42. The molecule has 0 fully saturated rings. The summed E-state index contributed by atoms with van der Waals surface area (Å²) in [5, 5.41) is 8.13. The Hall–Kier alpha value is -2.71. The minimum atomic E-state index is 0.0777. The molecule has 0 aromatic carbocycles. The van der Waals surface area contributed by atoms with Gasteiger partial charge in [0.05, 0.1) is 40.4 Å². The van der Waals surface area contributed by atoms with E-state index >= 15 is 0 Å². The van der Waals surface area contributed by atoms with Crippen LogP contribution in [0.4, 0.5) is 0 Å². The van der Waals surface area contributed by atoms with Crippen molar-refractivity contribution in [2.75, 3.05) is 0 Å². The number of nitrogens with zero attached hydrogens (tertiary/aromatic N) is 5. The van der Waals surface area contributed by atoms with Crippen LogP contribution in [0.15, 0.2) is 42.3 Å². The van der Waals surface area contributed by atoms with Crippen molar-refractivity contribution < 1.29 is 4.79 Å². The van der Waals surface area contributed by atoms with E-state index in [9.17, 15) is 4.79 Å². The third-order valence-electron chi connectivity index (χ3n) is 4.00. The molecule has 0 saturated heterocycles. The van der Waals surface area contributed by atoms with Gasteiger partial charge in [0.15, 0.2) is 5.78 Å². The largest absolute Gasteiger partial charge is 0.297 e. The summed E-state index contributed by atoms with van der Waals surface area (Å²) in [4.78, 5) is 26.7. The minimum absolute atomic E-state index is 0.0777. The number of pyridine rings is 1. The first-order valence-electron chi connectivity index (χ1n) is 8.42. The second-order valence-corrected chi connectivity index (χ2v) is 8.30. The van der Waals surface area contributed by atoms with Crippen molar-refractivity contribution in [1.82, 2.24) is 24.7 Å². The van der Waals surface area contributed by atoms with E-state index in [0.717, 1.165) is 37.4 Å². The van der Waals surface area contributed by atoms with Crippen LogP contribution in [0.25, 0.3) is 21.7 Å². The van der Waals surface area contributed by atoms with Gasteiger partial charge in [-0.2, -0.15) is 5.10 Å². The van der Waals surface area contributed by atoms with E-state index in [4.69, 9.17) is 0 Å². The van der Waals surface area contributed by atoms with Crippen LogP contribution in [-0.4, -0.2) is 30.5 Å². The van der Waals surface area contributed by atoms with Crippen molar-refractivity contribution in [2.24, 2.45) is 0 Å². The number of carbonyl (C=O) groups is 1. The molecule has 0 amide bonds. The molecule has 0 spiro atoms. The Morgan fingerprint density at radius 1 is 1.19 bits per heavy atom. The summed E-state index contributed by atoms with van der Waals surface area (Å²) >= 11 is 3.14. The minimum Gasteiger partial charge on any atom is -0.297 e. The van der Waals surface area contributed by atoms with Gasteiger partial charge in [-0.1, -0.05) is 6.07 Å². The fraction of sp³-hybridized carbons (Fsp3) is 0.211. The first-order chi connectivity index (χ1) is 13.1. The lowest BCUT2D eigenvalue weighted by Gasteiger charge is -1.99. The fourth-order valence-electron chi connectivity index (χ4n) is 2.80. The SMILES string of the molecule is Cc1nc(C)c(-c2csc(CC(=O)Cn3cc(-c4cccnc4)cn3)n2)s1. The lowest BCUT2D eigenvalue weighted by atomic mass is 10.2. The average Bonchev–Trinajstić information content (AvgIpc) is 3.36. The lowest BCUT2D eigenvalue weighted by Crippen LogP contribution is -2.12. The number of aryl methyl sites for hydroxylation is 2. The number of aromatic nitrogens is 5. The topological polar surface area (TPSA) is 73.6 Å². The highest BCUT2D eigenvalue weighted by molar-refractivity contribution is 7.16. The summed E-state index contributed by atoms with van der Waals surface area (Å²) < 4.78 is 1.66. The Kier molecular flexibility index (Phi) is 4.91.